The number of piperazine rings is 1. The second kappa shape index (κ2) is 9.45. The fourth-order valence-electron chi connectivity index (χ4n) is 4.45. The van der Waals surface area contributed by atoms with Crippen LogP contribution in [0.5, 0.6) is 11.5 Å². The number of aryl methyl sites for hydroxylation is 2. The van der Waals surface area contributed by atoms with Gasteiger partial charge in [0.25, 0.3) is 5.91 Å². The topological polar surface area (TPSA) is 42.0 Å². The van der Waals surface area contributed by atoms with Gasteiger partial charge >= 0.3 is 0 Å². The molecule has 0 radical (unpaired) electrons. The third-order valence-corrected chi connectivity index (χ3v) is 6.28. The van der Waals surface area contributed by atoms with Gasteiger partial charge in [0.05, 0.1) is 0 Å². The molecule has 2 aliphatic rings. The number of amides is 1. The minimum Gasteiger partial charge on any atom is -0.454 e. The SMILES string of the molecule is O=C(c1ccccc1CCc1ccccc1)N1CCN(Cc2ccc3c(c2)OCO3)CC1. The normalized spacial score (nSPS) is 15.7. The largest absolute Gasteiger partial charge is 0.454 e. The minimum atomic E-state index is 0.149. The summed E-state index contributed by atoms with van der Waals surface area (Å²) in [7, 11) is 0. The van der Waals surface area contributed by atoms with Crippen molar-refractivity contribution in [2.24, 2.45) is 0 Å². The fraction of sp³-hybridized carbons (Fsp3) is 0.296. The van der Waals surface area contributed by atoms with E-state index in [-0.39, 0.29) is 5.91 Å². The van der Waals surface area contributed by atoms with Gasteiger partial charge in [0.1, 0.15) is 0 Å². The summed E-state index contributed by atoms with van der Waals surface area (Å²) >= 11 is 0. The molecule has 0 aromatic heterocycles. The average molecular weight is 429 g/mol. The van der Waals surface area contributed by atoms with Gasteiger partial charge in [-0.25, -0.2) is 0 Å². The van der Waals surface area contributed by atoms with Crippen LogP contribution in [0.3, 0.4) is 0 Å². The molecule has 0 spiro atoms. The summed E-state index contributed by atoms with van der Waals surface area (Å²) in [5.74, 6) is 1.79. The molecular formula is C27H28N2O3. The van der Waals surface area contributed by atoms with Crippen molar-refractivity contribution in [1.29, 1.82) is 0 Å². The molecule has 2 heterocycles. The molecule has 0 saturated carbocycles. The van der Waals surface area contributed by atoms with E-state index in [0.717, 1.165) is 68.2 Å². The Hall–Kier alpha value is -3.31. The molecule has 0 bridgehead atoms. The molecule has 1 amide bonds. The lowest BCUT2D eigenvalue weighted by Crippen LogP contribution is -2.48. The van der Waals surface area contributed by atoms with Crippen LogP contribution in [-0.2, 0) is 19.4 Å². The van der Waals surface area contributed by atoms with Crippen LogP contribution in [0.4, 0.5) is 0 Å². The third kappa shape index (κ3) is 4.63. The Morgan fingerprint density at radius 2 is 1.50 bits per heavy atom. The highest BCUT2D eigenvalue weighted by molar-refractivity contribution is 5.95. The van der Waals surface area contributed by atoms with Crippen LogP contribution < -0.4 is 9.47 Å². The van der Waals surface area contributed by atoms with E-state index in [2.05, 4.69) is 47.4 Å². The summed E-state index contributed by atoms with van der Waals surface area (Å²) in [6, 6.07) is 24.6. The molecule has 32 heavy (non-hydrogen) atoms. The summed E-state index contributed by atoms with van der Waals surface area (Å²) in [5, 5.41) is 0. The van der Waals surface area contributed by atoms with Gasteiger partial charge in [0.15, 0.2) is 11.5 Å². The van der Waals surface area contributed by atoms with Crippen LogP contribution in [-0.4, -0.2) is 48.7 Å². The van der Waals surface area contributed by atoms with E-state index in [1.165, 1.54) is 11.1 Å². The molecule has 3 aromatic rings. The van der Waals surface area contributed by atoms with Gasteiger partial charge in [0.2, 0.25) is 6.79 Å². The standard InChI is InChI=1S/C27H28N2O3/c30-27(24-9-5-4-8-23(24)12-10-21-6-2-1-3-7-21)29-16-14-28(15-17-29)19-22-11-13-25-26(18-22)32-20-31-25/h1-9,11,13,18H,10,12,14-17,19-20H2. The number of nitrogens with zero attached hydrogens (tertiary/aromatic N) is 2. The first kappa shape index (κ1) is 20.6. The predicted octanol–water partition coefficient (Wildman–Crippen LogP) is 4.16. The number of hydrogen-bond donors (Lipinski definition) is 0. The molecule has 0 unspecified atom stereocenters. The predicted molar refractivity (Wildman–Crippen MR) is 124 cm³/mol. The number of carbonyl (C=O) groups excluding carboxylic acids is 1. The average Bonchev–Trinajstić information content (AvgIpc) is 3.32. The van der Waals surface area contributed by atoms with Gasteiger partial charge in [-0.1, -0.05) is 54.6 Å². The van der Waals surface area contributed by atoms with Gasteiger partial charge < -0.3 is 14.4 Å². The number of rotatable bonds is 6. The second-order valence-corrected chi connectivity index (χ2v) is 8.40. The number of benzene rings is 3. The molecule has 164 valence electrons. The van der Waals surface area contributed by atoms with Crippen molar-refractivity contribution in [3.05, 3.63) is 95.1 Å². The zero-order valence-corrected chi connectivity index (χ0v) is 18.2. The van der Waals surface area contributed by atoms with Crippen LogP contribution in [0.15, 0.2) is 72.8 Å². The molecule has 0 atom stereocenters. The third-order valence-electron chi connectivity index (χ3n) is 6.28. The number of fused-ring (bicyclic) bond motifs is 1. The van der Waals surface area contributed by atoms with Crippen molar-refractivity contribution in [2.75, 3.05) is 33.0 Å². The van der Waals surface area contributed by atoms with Gasteiger partial charge in [-0.2, -0.15) is 0 Å². The molecular weight excluding hydrogens is 400 g/mol. The number of ether oxygens (including phenoxy) is 2. The highest BCUT2D eigenvalue weighted by Crippen LogP contribution is 2.32. The van der Waals surface area contributed by atoms with E-state index < -0.39 is 0 Å². The van der Waals surface area contributed by atoms with E-state index in [4.69, 9.17) is 9.47 Å². The summed E-state index contributed by atoms with van der Waals surface area (Å²) in [4.78, 5) is 17.7. The first-order valence-corrected chi connectivity index (χ1v) is 11.3. The molecule has 5 nitrogen and oxygen atoms in total. The van der Waals surface area contributed by atoms with Crippen molar-refractivity contribution in [2.45, 2.75) is 19.4 Å². The van der Waals surface area contributed by atoms with Crippen LogP contribution >= 0.6 is 0 Å². The molecule has 0 aliphatic carbocycles. The monoisotopic (exact) mass is 428 g/mol. The first-order valence-electron chi connectivity index (χ1n) is 11.3. The van der Waals surface area contributed by atoms with E-state index in [9.17, 15) is 4.79 Å². The highest BCUT2D eigenvalue weighted by Gasteiger charge is 2.24. The van der Waals surface area contributed by atoms with Gasteiger partial charge in [-0.15, -0.1) is 0 Å². The van der Waals surface area contributed by atoms with Crippen LogP contribution in [0.1, 0.15) is 27.0 Å². The number of carbonyl (C=O) groups is 1. The van der Waals surface area contributed by atoms with Crippen molar-refractivity contribution >= 4 is 5.91 Å². The molecule has 0 N–H and O–H groups in total. The quantitative estimate of drug-likeness (QED) is 0.591. The smallest absolute Gasteiger partial charge is 0.254 e. The fourth-order valence-corrected chi connectivity index (χ4v) is 4.45. The zero-order chi connectivity index (χ0) is 21.8. The Bertz CT molecular complexity index is 1080. The van der Waals surface area contributed by atoms with Crippen molar-refractivity contribution in [1.82, 2.24) is 9.80 Å². The summed E-state index contributed by atoms with van der Waals surface area (Å²) in [6.07, 6.45) is 1.81. The molecule has 2 aliphatic heterocycles. The molecule has 1 fully saturated rings. The Kier molecular flexibility index (Phi) is 6.08. The van der Waals surface area contributed by atoms with E-state index in [1.807, 2.05) is 35.2 Å². The number of hydrogen-bond acceptors (Lipinski definition) is 4. The van der Waals surface area contributed by atoms with Crippen LogP contribution in [0, 0.1) is 0 Å². The lowest BCUT2D eigenvalue weighted by atomic mass is 9.99. The Balaban J connectivity index is 1.18. The molecule has 5 heteroatoms. The Morgan fingerprint density at radius 1 is 0.750 bits per heavy atom. The first-order chi connectivity index (χ1) is 15.8. The molecule has 1 saturated heterocycles. The molecule has 3 aromatic carbocycles. The highest BCUT2D eigenvalue weighted by atomic mass is 16.7. The maximum atomic E-state index is 13.3. The second-order valence-electron chi connectivity index (χ2n) is 8.40. The van der Waals surface area contributed by atoms with Gasteiger partial charge in [-0.05, 0) is 47.7 Å². The maximum Gasteiger partial charge on any atom is 0.254 e. The van der Waals surface area contributed by atoms with Gasteiger partial charge in [-0.3, -0.25) is 9.69 Å². The summed E-state index contributed by atoms with van der Waals surface area (Å²) < 4.78 is 10.9. The minimum absolute atomic E-state index is 0.149. The van der Waals surface area contributed by atoms with E-state index >= 15 is 0 Å². The Labute approximate surface area is 189 Å². The van der Waals surface area contributed by atoms with Crippen molar-refractivity contribution in [3.8, 4) is 11.5 Å². The van der Waals surface area contributed by atoms with E-state index in [0.29, 0.717) is 6.79 Å². The maximum absolute atomic E-state index is 13.3. The Morgan fingerprint density at radius 3 is 2.34 bits per heavy atom. The van der Waals surface area contributed by atoms with Crippen LogP contribution in [0.25, 0.3) is 0 Å². The van der Waals surface area contributed by atoms with E-state index in [1.54, 1.807) is 0 Å². The van der Waals surface area contributed by atoms with Crippen molar-refractivity contribution < 1.29 is 14.3 Å². The van der Waals surface area contributed by atoms with Gasteiger partial charge in [0, 0.05) is 38.3 Å². The summed E-state index contributed by atoms with van der Waals surface area (Å²) in [5.41, 5.74) is 4.48. The summed E-state index contributed by atoms with van der Waals surface area (Å²) in [6.45, 7) is 4.38. The lowest BCUT2D eigenvalue weighted by Gasteiger charge is -2.35. The zero-order valence-electron chi connectivity index (χ0n) is 18.2. The molecule has 5 rings (SSSR count). The van der Waals surface area contributed by atoms with Crippen molar-refractivity contribution in [3.63, 3.8) is 0 Å². The van der Waals surface area contributed by atoms with Crippen LogP contribution in [0.2, 0.25) is 0 Å². The lowest BCUT2D eigenvalue weighted by molar-refractivity contribution is 0.0627.